The van der Waals surface area contributed by atoms with Gasteiger partial charge in [-0.15, -0.1) is 0 Å². The van der Waals surface area contributed by atoms with E-state index in [1.807, 2.05) is 0 Å². The lowest BCUT2D eigenvalue weighted by Gasteiger charge is -2.26. The van der Waals surface area contributed by atoms with Crippen LogP contribution < -0.4 is 5.32 Å². The van der Waals surface area contributed by atoms with Gasteiger partial charge in [0, 0.05) is 25.7 Å². The average Bonchev–Trinajstić information content (AvgIpc) is 3.08. The number of carbonyl (C=O) groups excluding carboxylic acids is 1. The number of amides is 1. The van der Waals surface area contributed by atoms with Crippen molar-refractivity contribution < 1.29 is 17.6 Å². The van der Waals surface area contributed by atoms with Crippen molar-refractivity contribution in [1.29, 1.82) is 0 Å². The highest BCUT2D eigenvalue weighted by atomic mass is 32.2. The first-order valence-electron chi connectivity index (χ1n) is 9.23. The van der Waals surface area contributed by atoms with Gasteiger partial charge >= 0.3 is 0 Å². The fourth-order valence-corrected chi connectivity index (χ4v) is 5.15. The smallest absolute Gasteiger partial charge is 0.257 e. The van der Waals surface area contributed by atoms with Gasteiger partial charge in [-0.1, -0.05) is 18.6 Å². The van der Waals surface area contributed by atoms with Crippen molar-refractivity contribution >= 4 is 32.7 Å². The number of benzene rings is 2. The minimum Gasteiger partial charge on any atom is -0.441 e. The molecule has 146 valence electrons. The summed E-state index contributed by atoms with van der Waals surface area (Å²) in [6.07, 6.45) is 2.70. The molecule has 1 N–H and O–H groups in total. The summed E-state index contributed by atoms with van der Waals surface area (Å²) in [7, 11) is -3.72. The second-order valence-electron chi connectivity index (χ2n) is 6.83. The van der Waals surface area contributed by atoms with Crippen molar-refractivity contribution in [2.75, 3.05) is 18.4 Å². The summed E-state index contributed by atoms with van der Waals surface area (Å²) in [4.78, 5) is 17.2. The van der Waals surface area contributed by atoms with E-state index in [0.29, 0.717) is 35.8 Å². The van der Waals surface area contributed by atoms with Gasteiger partial charge in [-0.05, 0) is 43.2 Å². The summed E-state index contributed by atoms with van der Waals surface area (Å²) >= 11 is 0. The molecule has 1 aliphatic rings. The van der Waals surface area contributed by atoms with E-state index in [4.69, 9.17) is 4.42 Å². The second-order valence-corrected chi connectivity index (χ2v) is 8.74. The van der Waals surface area contributed by atoms with Gasteiger partial charge in [-0.2, -0.15) is 4.31 Å². The molecule has 1 amide bonds. The van der Waals surface area contributed by atoms with Gasteiger partial charge in [0.2, 0.25) is 10.0 Å². The fraction of sp³-hybridized carbons (Fsp3) is 0.300. The molecule has 2 aromatic carbocycles. The van der Waals surface area contributed by atoms with Crippen molar-refractivity contribution in [3.05, 3.63) is 53.9 Å². The standard InChI is InChI=1S/C20H21N3O4S/c1-14-21-17-13-15(9-10-18(17)27-14)22-20(24)16-7-3-4-8-19(16)28(25,26)23-11-5-2-6-12-23/h3-4,7-10,13H,2,5-6,11-12H2,1H3,(H,22,24). The number of nitrogens with one attached hydrogen (secondary N) is 1. The Morgan fingerprint density at radius 2 is 1.86 bits per heavy atom. The highest BCUT2D eigenvalue weighted by Gasteiger charge is 2.29. The lowest BCUT2D eigenvalue weighted by atomic mass is 10.2. The first-order chi connectivity index (χ1) is 13.4. The molecular weight excluding hydrogens is 378 g/mol. The third-order valence-electron chi connectivity index (χ3n) is 4.82. The number of piperidine rings is 1. The van der Waals surface area contributed by atoms with E-state index in [1.54, 1.807) is 37.3 Å². The number of oxazole rings is 1. The number of aromatic nitrogens is 1. The van der Waals surface area contributed by atoms with Gasteiger partial charge in [0.05, 0.1) is 10.5 Å². The molecular formula is C20H21N3O4S. The minimum atomic E-state index is -3.72. The Bertz CT molecular complexity index is 1130. The Morgan fingerprint density at radius 3 is 2.64 bits per heavy atom. The predicted molar refractivity (Wildman–Crippen MR) is 106 cm³/mol. The molecule has 0 spiro atoms. The molecule has 28 heavy (non-hydrogen) atoms. The first kappa shape index (κ1) is 18.6. The van der Waals surface area contributed by atoms with Crippen molar-refractivity contribution in [2.24, 2.45) is 0 Å². The van der Waals surface area contributed by atoms with Crippen LogP contribution >= 0.6 is 0 Å². The number of aryl methyl sites for hydroxylation is 1. The summed E-state index contributed by atoms with van der Waals surface area (Å²) in [5.74, 6) is 0.0622. The molecule has 0 unspecified atom stereocenters. The Morgan fingerprint density at radius 1 is 1.11 bits per heavy atom. The largest absolute Gasteiger partial charge is 0.441 e. The van der Waals surface area contributed by atoms with Crippen LogP contribution in [0.4, 0.5) is 5.69 Å². The van der Waals surface area contributed by atoms with Gasteiger partial charge in [0.15, 0.2) is 11.5 Å². The van der Waals surface area contributed by atoms with Crippen molar-refractivity contribution in [3.63, 3.8) is 0 Å². The zero-order chi connectivity index (χ0) is 19.7. The topological polar surface area (TPSA) is 92.5 Å². The van der Waals surface area contributed by atoms with E-state index in [0.717, 1.165) is 19.3 Å². The van der Waals surface area contributed by atoms with Crippen LogP contribution in [0.15, 0.2) is 51.8 Å². The molecule has 1 aliphatic heterocycles. The van der Waals surface area contributed by atoms with E-state index in [9.17, 15) is 13.2 Å². The number of hydrogen-bond donors (Lipinski definition) is 1. The molecule has 2 heterocycles. The van der Waals surface area contributed by atoms with Crippen LogP contribution in [0.3, 0.4) is 0 Å². The molecule has 8 heteroatoms. The zero-order valence-corrected chi connectivity index (χ0v) is 16.3. The van der Waals surface area contributed by atoms with E-state index in [1.165, 1.54) is 16.4 Å². The first-order valence-corrected chi connectivity index (χ1v) is 10.7. The zero-order valence-electron chi connectivity index (χ0n) is 15.5. The van der Waals surface area contributed by atoms with E-state index < -0.39 is 15.9 Å². The maximum absolute atomic E-state index is 13.1. The van der Waals surface area contributed by atoms with Gasteiger partial charge in [-0.25, -0.2) is 13.4 Å². The Balaban J connectivity index is 1.64. The SMILES string of the molecule is Cc1nc2cc(NC(=O)c3ccccc3S(=O)(=O)N3CCCCC3)ccc2o1. The van der Waals surface area contributed by atoms with E-state index in [-0.39, 0.29) is 10.5 Å². The molecule has 4 rings (SSSR count). The number of carbonyl (C=O) groups is 1. The highest BCUT2D eigenvalue weighted by Crippen LogP contribution is 2.25. The summed E-state index contributed by atoms with van der Waals surface area (Å²) in [5, 5.41) is 2.77. The molecule has 1 aromatic heterocycles. The molecule has 7 nitrogen and oxygen atoms in total. The number of hydrogen-bond acceptors (Lipinski definition) is 5. The van der Waals surface area contributed by atoms with Crippen LogP contribution in [-0.4, -0.2) is 36.7 Å². The normalized spacial score (nSPS) is 15.6. The Kier molecular flexibility index (Phi) is 4.91. The monoisotopic (exact) mass is 399 g/mol. The number of rotatable bonds is 4. The third kappa shape index (κ3) is 3.53. The molecule has 0 atom stereocenters. The molecule has 3 aromatic rings. The van der Waals surface area contributed by atoms with Crippen molar-refractivity contribution in [3.8, 4) is 0 Å². The summed E-state index contributed by atoms with van der Waals surface area (Å²) in [5.41, 5.74) is 1.91. The van der Waals surface area contributed by atoms with E-state index in [2.05, 4.69) is 10.3 Å². The lowest BCUT2D eigenvalue weighted by Crippen LogP contribution is -2.36. The summed E-state index contributed by atoms with van der Waals surface area (Å²) in [6, 6.07) is 11.4. The molecule has 0 aliphatic carbocycles. The quantitative estimate of drug-likeness (QED) is 0.724. The molecule has 0 saturated carbocycles. The van der Waals surface area contributed by atoms with Crippen LogP contribution in [-0.2, 0) is 10.0 Å². The van der Waals surface area contributed by atoms with Crippen LogP contribution in [0.2, 0.25) is 0 Å². The Hall–Kier alpha value is -2.71. The summed E-state index contributed by atoms with van der Waals surface area (Å²) < 4.78 is 33.0. The summed E-state index contributed by atoms with van der Waals surface area (Å²) in [6.45, 7) is 2.72. The van der Waals surface area contributed by atoms with Crippen LogP contribution in [0, 0.1) is 6.92 Å². The van der Waals surface area contributed by atoms with Crippen LogP contribution in [0.25, 0.3) is 11.1 Å². The molecule has 1 fully saturated rings. The lowest BCUT2D eigenvalue weighted by molar-refractivity contribution is 0.102. The number of anilines is 1. The third-order valence-corrected chi connectivity index (χ3v) is 6.77. The van der Waals surface area contributed by atoms with Gasteiger partial charge in [-0.3, -0.25) is 4.79 Å². The number of nitrogens with zero attached hydrogens (tertiary/aromatic N) is 2. The molecule has 0 radical (unpaired) electrons. The van der Waals surface area contributed by atoms with E-state index >= 15 is 0 Å². The minimum absolute atomic E-state index is 0.0350. The highest BCUT2D eigenvalue weighted by molar-refractivity contribution is 7.89. The number of fused-ring (bicyclic) bond motifs is 1. The molecule has 1 saturated heterocycles. The number of sulfonamides is 1. The van der Waals surface area contributed by atoms with Gasteiger partial charge in [0.25, 0.3) is 5.91 Å². The van der Waals surface area contributed by atoms with Crippen LogP contribution in [0.1, 0.15) is 35.5 Å². The van der Waals surface area contributed by atoms with Crippen molar-refractivity contribution in [1.82, 2.24) is 9.29 Å². The van der Waals surface area contributed by atoms with Gasteiger partial charge < -0.3 is 9.73 Å². The van der Waals surface area contributed by atoms with Crippen molar-refractivity contribution in [2.45, 2.75) is 31.1 Å². The second kappa shape index (κ2) is 7.37. The fourth-order valence-electron chi connectivity index (χ4n) is 3.44. The van der Waals surface area contributed by atoms with Gasteiger partial charge in [0.1, 0.15) is 5.52 Å². The maximum atomic E-state index is 13.1. The predicted octanol–water partition coefficient (Wildman–Crippen LogP) is 3.56. The maximum Gasteiger partial charge on any atom is 0.257 e. The van der Waals surface area contributed by atoms with Crippen LogP contribution in [0.5, 0.6) is 0 Å². The average molecular weight is 399 g/mol. The Labute approximate surface area is 163 Å². The molecule has 0 bridgehead atoms.